The van der Waals surface area contributed by atoms with Crippen LogP contribution in [0.3, 0.4) is 0 Å². The average Bonchev–Trinajstić information content (AvgIpc) is 2.65. The zero-order valence-corrected chi connectivity index (χ0v) is 15.4. The largest absolute Gasteiger partial charge is 0.381 e. The van der Waals surface area contributed by atoms with E-state index in [1.165, 1.54) is 5.56 Å². The summed E-state index contributed by atoms with van der Waals surface area (Å²) in [6.45, 7) is 8.30. The molecule has 1 N–H and O–H groups in total. The van der Waals surface area contributed by atoms with Gasteiger partial charge in [-0.25, -0.2) is 0 Å². The Morgan fingerprint density at radius 1 is 1.24 bits per heavy atom. The zero-order valence-electron chi connectivity index (χ0n) is 15.4. The van der Waals surface area contributed by atoms with E-state index in [1.54, 1.807) is 0 Å². The van der Waals surface area contributed by atoms with E-state index in [4.69, 9.17) is 9.47 Å². The Kier molecular flexibility index (Phi) is 6.10. The van der Waals surface area contributed by atoms with Crippen molar-refractivity contribution in [3.63, 3.8) is 0 Å². The third-order valence-corrected chi connectivity index (χ3v) is 5.54. The van der Waals surface area contributed by atoms with Crippen molar-refractivity contribution >= 4 is 5.91 Å². The van der Waals surface area contributed by atoms with Gasteiger partial charge in [-0.1, -0.05) is 30.3 Å². The quantitative estimate of drug-likeness (QED) is 0.885. The standard InChI is InChI=1S/C20H30N2O3/c1-16-14-25-17(2)12-22(16)13-19(23)21-15-20(8-10-24-11-9-20)18-6-4-3-5-7-18/h3-7,16-17H,8-15H2,1-2H3,(H,21,23)/t16-,17-/m1/s1. The Hall–Kier alpha value is -1.43. The summed E-state index contributed by atoms with van der Waals surface area (Å²) < 4.78 is 11.2. The summed E-state index contributed by atoms with van der Waals surface area (Å²) in [4.78, 5) is 14.8. The lowest BCUT2D eigenvalue weighted by Gasteiger charge is -2.39. The van der Waals surface area contributed by atoms with Gasteiger partial charge in [0.25, 0.3) is 0 Å². The molecule has 0 bridgehead atoms. The minimum atomic E-state index is -0.0148. The second-order valence-corrected chi connectivity index (χ2v) is 7.46. The van der Waals surface area contributed by atoms with Gasteiger partial charge in [-0.15, -0.1) is 0 Å². The number of hydrogen-bond donors (Lipinski definition) is 1. The maximum atomic E-state index is 12.6. The van der Waals surface area contributed by atoms with Crippen LogP contribution in [0.5, 0.6) is 0 Å². The molecule has 3 rings (SSSR count). The van der Waals surface area contributed by atoms with Crippen molar-refractivity contribution in [3.8, 4) is 0 Å². The van der Waals surface area contributed by atoms with Crippen molar-refractivity contribution < 1.29 is 14.3 Å². The Bertz CT molecular complexity index is 557. The fraction of sp³-hybridized carbons (Fsp3) is 0.650. The van der Waals surface area contributed by atoms with Crippen LogP contribution >= 0.6 is 0 Å². The first-order chi connectivity index (χ1) is 12.1. The van der Waals surface area contributed by atoms with Crippen LogP contribution in [0.15, 0.2) is 30.3 Å². The fourth-order valence-electron chi connectivity index (χ4n) is 3.82. The molecule has 25 heavy (non-hydrogen) atoms. The number of hydrogen-bond acceptors (Lipinski definition) is 4. The molecule has 2 fully saturated rings. The van der Waals surface area contributed by atoms with Gasteiger partial charge in [0.2, 0.25) is 5.91 Å². The van der Waals surface area contributed by atoms with E-state index in [-0.39, 0.29) is 23.5 Å². The molecule has 2 atom stereocenters. The van der Waals surface area contributed by atoms with Crippen LogP contribution in [0.4, 0.5) is 0 Å². The van der Waals surface area contributed by atoms with Crippen LogP contribution in [-0.2, 0) is 19.7 Å². The van der Waals surface area contributed by atoms with E-state index in [1.807, 2.05) is 6.07 Å². The summed E-state index contributed by atoms with van der Waals surface area (Å²) in [5, 5.41) is 3.20. The van der Waals surface area contributed by atoms with E-state index in [0.717, 1.165) is 32.6 Å². The minimum absolute atomic E-state index is 0.0148. The lowest BCUT2D eigenvalue weighted by atomic mass is 9.74. The molecule has 5 nitrogen and oxygen atoms in total. The second kappa shape index (κ2) is 8.30. The first-order valence-electron chi connectivity index (χ1n) is 9.35. The molecule has 0 spiro atoms. The number of carbonyl (C=O) groups excluding carboxylic acids is 1. The van der Waals surface area contributed by atoms with Crippen LogP contribution in [-0.4, -0.2) is 62.4 Å². The maximum absolute atomic E-state index is 12.6. The number of nitrogens with one attached hydrogen (secondary N) is 1. The number of amides is 1. The molecular weight excluding hydrogens is 316 g/mol. The summed E-state index contributed by atoms with van der Waals surface area (Å²) in [5.41, 5.74) is 1.28. The topological polar surface area (TPSA) is 50.8 Å². The fourth-order valence-corrected chi connectivity index (χ4v) is 3.82. The number of rotatable bonds is 5. The van der Waals surface area contributed by atoms with E-state index >= 15 is 0 Å². The monoisotopic (exact) mass is 346 g/mol. The van der Waals surface area contributed by atoms with Gasteiger partial charge in [0.15, 0.2) is 0 Å². The highest BCUT2D eigenvalue weighted by Gasteiger charge is 2.35. The highest BCUT2D eigenvalue weighted by molar-refractivity contribution is 5.78. The SMILES string of the molecule is C[C@@H]1CN(CC(=O)NCC2(c3ccccc3)CCOCC2)[C@H](C)CO1. The predicted octanol–water partition coefficient (Wildman–Crippen LogP) is 1.96. The average molecular weight is 346 g/mol. The molecule has 5 heteroatoms. The van der Waals surface area contributed by atoms with Gasteiger partial charge in [-0.3, -0.25) is 9.69 Å². The van der Waals surface area contributed by atoms with Gasteiger partial charge in [0, 0.05) is 37.8 Å². The summed E-state index contributed by atoms with van der Waals surface area (Å²) in [6, 6.07) is 10.8. The molecule has 0 saturated carbocycles. The molecule has 2 saturated heterocycles. The van der Waals surface area contributed by atoms with Crippen molar-refractivity contribution in [2.24, 2.45) is 0 Å². The molecule has 0 aromatic heterocycles. The van der Waals surface area contributed by atoms with Crippen LogP contribution in [0.25, 0.3) is 0 Å². The van der Waals surface area contributed by atoms with Gasteiger partial charge in [0.1, 0.15) is 0 Å². The van der Waals surface area contributed by atoms with Gasteiger partial charge in [0.05, 0.1) is 19.3 Å². The van der Waals surface area contributed by atoms with E-state index in [9.17, 15) is 4.79 Å². The third-order valence-electron chi connectivity index (χ3n) is 5.54. The molecule has 2 aliphatic rings. The highest BCUT2D eigenvalue weighted by atomic mass is 16.5. The van der Waals surface area contributed by atoms with Crippen molar-refractivity contribution in [3.05, 3.63) is 35.9 Å². The van der Waals surface area contributed by atoms with Crippen molar-refractivity contribution in [1.29, 1.82) is 0 Å². The van der Waals surface area contributed by atoms with Crippen LogP contribution in [0, 0.1) is 0 Å². The van der Waals surface area contributed by atoms with Crippen molar-refractivity contribution in [2.75, 3.05) is 39.5 Å². The number of ether oxygens (including phenoxy) is 2. The number of nitrogens with zero attached hydrogens (tertiary/aromatic N) is 1. The normalized spacial score (nSPS) is 27.0. The molecule has 2 aliphatic heterocycles. The van der Waals surface area contributed by atoms with Crippen molar-refractivity contribution in [2.45, 2.75) is 44.2 Å². The van der Waals surface area contributed by atoms with E-state index in [2.05, 4.69) is 48.3 Å². The molecule has 138 valence electrons. The molecule has 1 aromatic carbocycles. The molecule has 2 heterocycles. The highest BCUT2D eigenvalue weighted by Crippen LogP contribution is 2.34. The Morgan fingerprint density at radius 3 is 2.68 bits per heavy atom. The van der Waals surface area contributed by atoms with Gasteiger partial charge in [-0.05, 0) is 32.3 Å². The van der Waals surface area contributed by atoms with Gasteiger partial charge < -0.3 is 14.8 Å². The second-order valence-electron chi connectivity index (χ2n) is 7.46. The van der Waals surface area contributed by atoms with E-state index < -0.39 is 0 Å². The molecule has 0 aliphatic carbocycles. The Labute approximate surface area is 150 Å². The number of carbonyl (C=O) groups is 1. The van der Waals surface area contributed by atoms with E-state index in [0.29, 0.717) is 19.7 Å². The Morgan fingerprint density at radius 2 is 1.96 bits per heavy atom. The number of morpholine rings is 1. The first-order valence-corrected chi connectivity index (χ1v) is 9.35. The molecular formula is C20H30N2O3. The van der Waals surface area contributed by atoms with Gasteiger partial charge in [-0.2, -0.15) is 0 Å². The predicted molar refractivity (Wildman–Crippen MR) is 97.6 cm³/mol. The first kappa shape index (κ1) is 18.4. The molecule has 1 aromatic rings. The lowest BCUT2D eigenvalue weighted by molar-refractivity contribution is -0.126. The number of benzene rings is 1. The van der Waals surface area contributed by atoms with Crippen LogP contribution in [0.1, 0.15) is 32.3 Å². The summed E-state index contributed by atoms with van der Waals surface area (Å²) >= 11 is 0. The third kappa shape index (κ3) is 4.60. The maximum Gasteiger partial charge on any atom is 0.234 e. The smallest absolute Gasteiger partial charge is 0.234 e. The summed E-state index contributed by atoms with van der Waals surface area (Å²) in [7, 11) is 0. The Balaban J connectivity index is 1.60. The van der Waals surface area contributed by atoms with Crippen molar-refractivity contribution in [1.82, 2.24) is 10.2 Å². The summed E-state index contributed by atoms with van der Waals surface area (Å²) in [5.74, 6) is 0.0998. The molecule has 0 unspecified atom stereocenters. The molecule has 1 amide bonds. The molecule has 0 radical (unpaired) electrons. The zero-order chi connectivity index (χ0) is 17.7. The summed E-state index contributed by atoms with van der Waals surface area (Å²) in [6.07, 6.45) is 2.08. The van der Waals surface area contributed by atoms with Crippen LogP contribution in [0.2, 0.25) is 0 Å². The minimum Gasteiger partial charge on any atom is -0.381 e. The van der Waals surface area contributed by atoms with Gasteiger partial charge >= 0.3 is 0 Å². The van der Waals surface area contributed by atoms with Crippen LogP contribution < -0.4 is 5.32 Å². The lowest BCUT2D eigenvalue weighted by Crippen LogP contribution is -2.52.